The van der Waals surface area contributed by atoms with E-state index in [1.54, 1.807) is 0 Å². The van der Waals surface area contributed by atoms with Crippen molar-refractivity contribution in [2.75, 3.05) is 0 Å². The lowest BCUT2D eigenvalue weighted by Crippen LogP contribution is -2.08. The zero-order valence-electron chi connectivity index (χ0n) is 10.2. The number of hydrogen-bond donors (Lipinski definition) is 1. The van der Waals surface area contributed by atoms with E-state index in [1.165, 1.54) is 5.56 Å². The predicted molar refractivity (Wildman–Crippen MR) is 64.7 cm³/mol. The van der Waals surface area contributed by atoms with Gasteiger partial charge in [0.15, 0.2) is 0 Å². The minimum absolute atomic E-state index is 0.269. The highest BCUT2D eigenvalue weighted by Gasteiger charge is 2.21. The lowest BCUT2D eigenvalue weighted by molar-refractivity contribution is 0.115. The first kappa shape index (κ1) is 11.5. The van der Waals surface area contributed by atoms with Crippen molar-refractivity contribution in [1.82, 2.24) is 0 Å². The molecule has 1 aliphatic heterocycles. The summed E-state index contributed by atoms with van der Waals surface area (Å²) < 4.78 is 5.65. The lowest BCUT2D eigenvalue weighted by atomic mass is 9.93. The van der Waals surface area contributed by atoms with Gasteiger partial charge >= 0.3 is 0 Å². The largest absolute Gasteiger partial charge is 0.490 e. The summed E-state index contributed by atoms with van der Waals surface area (Å²) in [5.41, 5.74) is 2.25. The van der Waals surface area contributed by atoms with Crippen molar-refractivity contribution in [2.45, 2.75) is 45.8 Å². The summed E-state index contributed by atoms with van der Waals surface area (Å²) in [6.07, 6.45) is 1.86. The van der Waals surface area contributed by atoms with Crippen LogP contribution in [0.1, 0.15) is 44.4 Å². The predicted octanol–water partition coefficient (Wildman–Crippen LogP) is 3.09. The fraction of sp³-hybridized carbons (Fsp3) is 0.571. The van der Waals surface area contributed by atoms with Crippen LogP contribution in [-0.4, -0.2) is 11.2 Å². The van der Waals surface area contributed by atoms with Crippen molar-refractivity contribution in [3.63, 3.8) is 0 Å². The van der Waals surface area contributed by atoms with Gasteiger partial charge < -0.3 is 9.84 Å². The van der Waals surface area contributed by atoms with Crippen LogP contribution in [0, 0.1) is 5.92 Å². The molecule has 16 heavy (non-hydrogen) atoms. The topological polar surface area (TPSA) is 29.5 Å². The Morgan fingerprint density at radius 3 is 2.94 bits per heavy atom. The Bertz CT molecular complexity index is 373. The Kier molecular flexibility index (Phi) is 3.20. The molecular weight excluding hydrogens is 200 g/mol. The molecule has 1 aromatic carbocycles. The fourth-order valence-corrected chi connectivity index (χ4v) is 2.18. The Morgan fingerprint density at radius 2 is 2.25 bits per heavy atom. The van der Waals surface area contributed by atoms with Gasteiger partial charge in [0.2, 0.25) is 0 Å². The average Bonchev–Trinajstić information content (AvgIpc) is 2.65. The molecule has 0 radical (unpaired) electrons. The van der Waals surface area contributed by atoms with Gasteiger partial charge in [-0.15, -0.1) is 0 Å². The second kappa shape index (κ2) is 4.46. The van der Waals surface area contributed by atoms with E-state index in [0.717, 1.165) is 24.2 Å². The van der Waals surface area contributed by atoms with Crippen LogP contribution in [0.2, 0.25) is 0 Å². The van der Waals surface area contributed by atoms with Crippen molar-refractivity contribution < 1.29 is 9.84 Å². The van der Waals surface area contributed by atoms with Crippen molar-refractivity contribution >= 4 is 0 Å². The number of fused-ring (bicyclic) bond motifs is 1. The van der Waals surface area contributed by atoms with E-state index < -0.39 is 0 Å². The molecule has 1 N–H and O–H groups in total. The van der Waals surface area contributed by atoms with E-state index in [9.17, 15) is 5.11 Å². The van der Waals surface area contributed by atoms with E-state index >= 15 is 0 Å². The third-order valence-corrected chi connectivity index (χ3v) is 3.44. The molecule has 1 heterocycles. The van der Waals surface area contributed by atoms with E-state index in [0.29, 0.717) is 5.92 Å². The molecule has 0 saturated carbocycles. The zero-order valence-corrected chi connectivity index (χ0v) is 10.2. The second-order valence-electron chi connectivity index (χ2n) is 4.83. The number of aliphatic hydroxyl groups is 1. The Hall–Kier alpha value is -1.02. The molecular formula is C14H20O2. The summed E-state index contributed by atoms with van der Waals surface area (Å²) in [5.74, 6) is 1.28. The second-order valence-corrected chi connectivity index (χ2v) is 4.83. The van der Waals surface area contributed by atoms with Crippen LogP contribution in [-0.2, 0) is 6.42 Å². The van der Waals surface area contributed by atoms with Crippen molar-refractivity contribution in [2.24, 2.45) is 5.92 Å². The number of ether oxygens (including phenoxy) is 1. The number of hydrogen-bond acceptors (Lipinski definition) is 2. The van der Waals surface area contributed by atoms with Gasteiger partial charge in [0.25, 0.3) is 0 Å². The molecule has 2 heteroatoms. The third kappa shape index (κ3) is 2.07. The molecule has 0 bridgehead atoms. The van der Waals surface area contributed by atoms with Crippen LogP contribution in [0.4, 0.5) is 0 Å². The molecule has 1 aliphatic rings. The average molecular weight is 220 g/mol. The molecule has 0 aromatic heterocycles. The lowest BCUT2D eigenvalue weighted by Gasteiger charge is -2.18. The quantitative estimate of drug-likeness (QED) is 0.848. The standard InChI is InChI=1S/C14H20O2/c1-4-9(2)14(15)11-5-6-13-12(8-11)7-10(3)16-13/h5-6,8-10,14-15H,4,7H2,1-3H3. The van der Waals surface area contributed by atoms with E-state index in [2.05, 4.69) is 26.8 Å². The van der Waals surface area contributed by atoms with Gasteiger partial charge in [-0.3, -0.25) is 0 Å². The summed E-state index contributed by atoms with van der Waals surface area (Å²) in [4.78, 5) is 0. The van der Waals surface area contributed by atoms with Gasteiger partial charge in [-0.05, 0) is 36.1 Å². The molecule has 0 fully saturated rings. The van der Waals surface area contributed by atoms with Crippen LogP contribution in [0.5, 0.6) is 5.75 Å². The molecule has 88 valence electrons. The molecule has 0 saturated heterocycles. The van der Waals surface area contributed by atoms with Crippen molar-refractivity contribution in [3.05, 3.63) is 29.3 Å². The first-order chi connectivity index (χ1) is 7.61. The Morgan fingerprint density at radius 1 is 1.50 bits per heavy atom. The van der Waals surface area contributed by atoms with Gasteiger partial charge in [0.1, 0.15) is 11.9 Å². The minimum Gasteiger partial charge on any atom is -0.490 e. The SMILES string of the molecule is CCC(C)C(O)c1ccc2c(c1)CC(C)O2. The first-order valence-electron chi connectivity index (χ1n) is 6.09. The van der Waals surface area contributed by atoms with Crippen molar-refractivity contribution in [3.8, 4) is 5.75 Å². The van der Waals surface area contributed by atoms with Crippen LogP contribution in [0.15, 0.2) is 18.2 Å². The molecule has 2 nitrogen and oxygen atoms in total. The van der Waals surface area contributed by atoms with Crippen LogP contribution in [0.3, 0.4) is 0 Å². The summed E-state index contributed by atoms with van der Waals surface area (Å²) >= 11 is 0. The van der Waals surface area contributed by atoms with Gasteiger partial charge in [0, 0.05) is 6.42 Å². The molecule has 3 unspecified atom stereocenters. The highest BCUT2D eigenvalue weighted by molar-refractivity contribution is 5.41. The monoisotopic (exact) mass is 220 g/mol. The molecule has 0 spiro atoms. The van der Waals surface area contributed by atoms with E-state index in [-0.39, 0.29) is 12.2 Å². The van der Waals surface area contributed by atoms with Crippen molar-refractivity contribution in [1.29, 1.82) is 0 Å². The third-order valence-electron chi connectivity index (χ3n) is 3.44. The summed E-state index contributed by atoms with van der Waals surface area (Å²) in [6, 6.07) is 6.06. The van der Waals surface area contributed by atoms with Gasteiger partial charge in [0.05, 0.1) is 6.10 Å². The van der Waals surface area contributed by atoms with Gasteiger partial charge in [-0.1, -0.05) is 26.3 Å². The molecule has 3 atom stereocenters. The highest BCUT2D eigenvalue weighted by Crippen LogP contribution is 2.33. The number of rotatable bonds is 3. The minimum atomic E-state index is -0.355. The molecule has 1 aromatic rings. The summed E-state index contributed by atoms with van der Waals surface area (Å²) in [6.45, 7) is 6.26. The Balaban J connectivity index is 2.22. The number of benzene rings is 1. The first-order valence-corrected chi connectivity index (χ1v) is 6.09. The maximum absolute atomic E-state index is 10.1. The molecule has 2 rings (SSSR count). The van der Waals surface area contributed by atoms with Gasteiger partial charge in [-0.25, -0.2) is 0 Å². The smallest absolute Gasteiger partial charge is 0.123 e. The number of aliphatic hydroxyl groups excluding tert-OH is 1. The van der Waals surface area contributed by atoms with Gasteiger partial charge in [-0.2, -0.15) is 0 Å². The van der Waals surface area contributed by atoms with Crippen LogP contribution >= 0.6 is 0 Å². The molecule has 0 aliphatic carbocycles. The van der Waals surface area contributed by atoms with Crippen LogP contribution in [0.25, 0.3) is 0 Å². The summed E-state index contributed by atoms with van der Waals surface area (Å²) in [5, 5.41) is 10.1. The summed E-state index contributed by atoms with van der Waals surface area (Å²) in [7, 11) is 0. The maximum Gasteiger partial charge on any atom is 0.123 e. The Labute approximate surface area is 97.3 Å². The zero-order chi connectivity index (χ0) is 11.7. The molecule has 0 amide bonds. The van der Waals surface area contributed by atoms with E-state index in [1.807, 2.05) is 12.1 Å². The highest BCUT2D eigenvalue weighted by atomic mass is 16.5. The normalized spacial score (nSPS) is 22.4. The fourth-order valence-electron chi connectivity index (χ4n) is 2.18. The van der Waals surface area contributed by atoms with Crippen LogP contribution < -0.4 is 4.74 Å². The maximum atomic E-state index is 10.1. The van der Waals surface area contributed by atoms with E-state index in [4.69, 9.17) is 4.74 Å².